The molecule has 0 aromatic carbocycles. The number of hydrogen-bond acceptors (Lipinski definition) is 1. The standard InChI is InChI=1S/C12H24ClNO/c1-3-5-11-14(4-2)12(15)9-7-6-8-10-13/h3-11H2,1-2H3. The minimum absolute atomic E-state index is 0.306. The first-order valence-corrected chi connectivity index (χ1v) is 6.63. The number of hydrogen-bond donors (Lipinski definition) is 0. The van der Waals surface area contributed by atoms with Gasteiger partial charge in [-0.05, 0) is 26.2 Å². The van der Waals surface area contributed by atoms with Crippen molar-refractivity contribution in [2.45, 2.75) is 52.4 Å². The number of carbonyl (C=O) groups is 1. The van der Waals surface area contributed by atoms with Crippen molar-refractivity contribution in [3.8, 4) is 0 Å². The zero-order valence-electron chi connectivity index (χ0n) is 10.1. The monoisotopic (exact) mass is 233 g/mol. The van der Waals surface area contributed by atoms with Gasteiger partial charge in [0.15, 0.2) is 0 Å². The van der Waals surface area contributed by atoms with Gasteiger partial charge in [0.05, 0.1) is 0 Å². The Bertz CT molecular complexity index is 162. The van der Waals surface area contributed by atoms with Gasteiger partial charge in [0.25, 0.3) is 0 Å². The largest absolute Gasteiger partial charge is 0.343 e. The number of unbranched alkanes of at least 4 members (excludes halogenated alkanes) is 3. The van der Waals surface area contributed by atoms with E-state index in [2.05, 4.69) is 6.92 Å². The van der Waals surface area contributed by atoms with Crippen LogP contribution >= 0.6 is 11.6 Å². The summed E-state index contributed by atoms with van der Waals surface area (Å²) in [5.41, 5.74) is 0. The first-order valence-electron chi connectivity index (χ1n) is 6.10. The van der Waals surface area contributed by atoms with E-state index in [0.717, 1.165) is 45.2 Å². The SMILES string of the molecule is CCCCN(CC)C(=O)CCCCCCl. The van der Waals surface area contributed by atoms with Gasteiger partial charge in [-0.3, -0.25) is 4.79 Å². The molecule has 0 atom stereocenters. The molecule has 0 aromatic heterocycles. The number of carbonyl (C=O) groups excluding carboxylic acids is 1. The average Bonchev–Trinajstić information content (AvgIpc) is 2.25. The lowest BCUT2D eigenvalue weighted by molar-refractivity contribution is -0.131. The Morgan fingerprint density at radius 3 is 2.40 bits per heavy atom. The minimum atomic E-state index is 0.306. The van der Waals surface area contributed by atoms with Crippen LogP contribution in [0.15, 0.2) is 0 Å². The molecule has 1 amide bonds. The van der Waals surface area contributed by atoms with Crippen molar-refractivity contribution < 1.29 is 4.79 Å². The summed E-state index contributed by atoms with van der Waals surface area (Å²) in [5, 5.41) is 0. The van der Waals surface area contributed by atoms with Crippen LogP contribution in [-0.2, 0) is 4.79 Å². The third-order valence-electron chi connectivity index (χ3n) is 2.54. The molecule has 0 heterocycles. The molecule has 0 fully saturated rings. The van der Waals surface area contributed by atoms with Crippen molar-refractivity contribution in [1.82, 2.24) is 4.90 Å². The summed E-state index contributed by atoms with van der Waals surface area (Å²) in [6, 6.07) is 0. The molecule has 2 nitrogen and oxygen atoms in total. The number of halogens is 1. The van der Waals surface area contributed by atoms with Crippen molar-refractivity contribution in [3.05, 3.63) is 0 Å². The molecule has 15 heavy (non-hydrogen) atoms. The van der Waals surface area contributed by atoms with Gasteiger partial charge in [-0.1, -0.05) is 19.8 Å². The fourth-order valence-corrected chi connectivity index (χ4v) is 1.70. The molecule has 0 saturated heterocycles. The maximum absolute atomic E-state index is 11.7. The average molecular weight is 234 g/mol. The Balaban J connectivity index is 3.63. The molecule has 90 valence electrons. The summed E-state index contributed by atoms with van der Waals surface area (Å²) in [6.45, 7) is 5.96. The topological polar surface area (TPSA) is 20.3 Å². The second-order valence-corrected chi connectivity index (χ2v) is 4.20. The van der Waals surface area contributed by atoms with Crippen LogP contribution < -0.4 is 0 Å². The Morgan fingerprint density at radius 2 is 1.87 bits per heavy atom. The summed E-state index contributed by atoms with van der Waals surface area (Å²) in [5.74, 6) is 1.02. The molecule has 0 aliphatic heterocycles. The second-order valence-electron chi connectivity index (χ2n) is 3.83. The maximum atomic E-state index is 11.7. The zero-order valence-corrected chi connectivity index (χ0v) is 10.9. The van der Waals surface area contributed by atoms with Gasteiger partial charge < -0.3 is 4.90 Å². The molecule has 0 spiro atoms. The van der Waals surface area contributed by atoms with E-state index in [9.17, 15) is 4.79 Å². The molecule has 0 rings (SSSR count). The summed E-state index contributed by atoms with van der Waals surface area (Å²) in [4.78, 5) is 13.7. The molecule has 0 N–H and O–H groups in total. The smallest absolute Gasteiger partial charge is 0.222 e. The van der Waals surface area contributed by atoms with E-state index in [1.165, 1.54) is 0 Å². The zero-order chi connectivity index (χ0) is 11.5. The first-order chi connectivity index (χ1) is 7.26. The summed E-state index contributed by atoms with van der Waals surface area (Å²) in [7, 11) is 0. The van der Waals surface area contributed by atoms with Gasteiger partial charge in [0, 0.05) is 25.4 Å². The molecule has 0 radical (unpaired) electrons. The van der Waals surface area contributed by atoms with E-state index in [1.54, 1.807) is 0 Å². The van der Waals surface area contributed by atoms with Crippen LogP contribution in [-0.4, -0.2) is 29.8 Å². The summed E-state index contributed by atoms with van der Waals surface area (Å²) in [6.07, 6.45) is 6.02. The molecule has 0 aliphatic carbocycles. The fraction of sp³-hybridized carbons (Fsp3) is 0.917. The molecule has 0 bridgehead atoms. The van der Waals surface area contributed by atoms with Crippen LogP contribution in [0.3, 0.4) is 0 Å². The Kier molecular flexibility index (Phi) is 10.1. The third kappa shape index (κ3) is 7.66. The van der Waals surface area contributed by atoms with Gasteiger partial charge in [0.1, 0.15) is 0 Å². The lowest BCUT2D eigenvalue weighted by atomic mass is 10.2. The highest BCUT2D eigenvalue weighted by Crippen LogP contribution is 2.05. The maximum Gasteiger partial charge on any atom is 0.222 e. The van der Waals surface area contributed by atoms with Crippen LogP contribution in [0.2, 0.25) is 0 Å². The molecular formula is C12H24ClNO. The lowest BCUT2D eigenvalue weighted by Gasteiger charge is -2.20. The minimum Gasteiger partial charge on any atom is -0.343 e. The third-order valence-corrected chi connectivity index (χ3v) is 2.81. The lowest BCUT2D eigenvalue weighted by Crippen LogP contribution is -2.31. The van der Waals surface area contributed by atoms with Gasteiger partial charge in [-0.15, -0.1) is 11.6 Å². The number of amides is 1. The van der Waals surface area contributed by atoms with Crippen molar-refractivity contribution in [3.63, 3.8) is 0 Å². The Morgan fingerprint density at radius 1 is 1.13 bits per heavy atom. The van der Waals surface area contributed by atoms with E-state index in [1.807, 2.05) is 11.8 Å². The van der Waals surface area contributed by atoms with Crippen molar-refractivity contribution >= 4 is 17.5 Å². The number of nitrogens with zero attached hydrogens (tertiary/aromatic N) is 1. The van der Waals surface area contributed by atoms with Crippen molar-refractivity contribution in [2.24, 2.45) is 0 Å². The first kappa shape index (κ1) is 14.8. The van der Waals surface area contributed by atoms with Crippen LogP contribution in [0.25, 0.3) is 0 Å². The highest BCUT2D eigenvalue weighted by atomic mass is 35.5. The van der Waals surface area contributed by atoms with Crippen LogP contribution in [0.5, 0.6) is 0 Å². The second kappa shape index (κ2) is 10.3. The van der Waals surface area contributed by atoms with Gasteiger partial charge in [-0.2, -0.15) is 0 Å². The van der Waals surface area contributed by atoms with Gasteiger partial charge in [0.2, 0.25) is 5.91 Å². The number of alkyl halides is 1. The highest BCUT2D eigenvalue weighted by molar-refractivity contribution is 6.17. The van der Waals surface area contributed by atoms with Gasteiger partial charge >= 0.3 is 0 Å². The molecule has 0 unspecified atom stereocenters. The van der Waals surface area contributed by atoms with E-state index in [4.69, 9.17) is 11.6 Å². The van der Waals surface area contributed by atoms with Crippen LogP contribution in [0.4, 0.5) is 0 Å². The predicted molar refractivity (Wildman–Crippen MR) is 66.4 cm³/mol. The Labute approximate surface area is 99.0 Å². The van der Waals surface area contributed by atoms with E-state index < -0.39 is 0 Å². The molecule has 3 heteroatoms. The molecule has 0 aromatic rings. The number of rotatable bonds is 9. The van der Waals surface area contributed by atoms with E-state index >= 15 is 0 Å². The summed E-state index contributed by atoms with van der Waals surface area (Å²) < 4.78 is 0. The van der Waals surface area contributed by atoms with Crippen molar-refractivity contribution in [2.75, 3.05) is 19.0 Å². The predicted octanol–water partition coefficient (Wildman–Crippen LogP) is 3.43. The van der Waals surface area contributed by atoms with Gasteiger partial charge in [-0.25, -0.2) is 0 Å². The molecule has 0 aliphatic rings. The van der Waals surface area contributed by atoms with Crippen LogP contribution in [0.1, 0.15) is 52.4 Å². The molecule has 0 saturated carbocycles. The van der Waals surface area contributed by atoms with Crippen LogP contribution in [0, 0.1) is 0 Å². The molecular weight excluding hydrogens is 210 g/mol. The normalized spacial score (nSPS) is 10.3. The summed E-state index contributed by atoms with van der Waals surface area (Å²) >= 11 is 5.58. The van der Waals surface area contributed by atoms with Crippen molar-refractivity contribution in [1.29, 1.82) is 0 Å². The van der Waals surface area contributed by atoms with E-state index in [-0.39, 0.29) is 0 Å². The fourth-order valence-electron chi connectivity index (χ4n) is 1.51. The highest BCUT2D eigenvalue weighted by Gasteiger charge is 2.09. The quantitative estimate of drug-likeness (QED) is 0.441. The van der Waals surface area contributed by atoms with E-state index in [0.29, 0.717) is 18.2 Å². The Hall–Kier alpha value is -0.240.